The molecule has 0 aliphatic carbocycles. The van der Waals surface area contributed by atoms with Gasteiger partial charge in [0.25, 0.3) is 5.56 Å². The minimum atomic E-state index is -0.495. The molecule has 0 atom stereocenters. The summed E-state index contributed by atoms with van der Waals surface area (Å²) in [4.78, 5) is 34.0. The molecule has 0 aliphatic heterocycles. The molecule has 1 aromatic heterocycles. The van der Waals surface area contributed by atoms with Gasteiger partial charge in [-0.25, -0.2) is 4.79 Å². The number of hydrogen-bond acceptors (Lipinski definition) is 3. The molecule has 0 radical (unpaired) electrons. The van der Waals surface area contributed by atoms with Gasteiger partial charge in [-0.05, 0) is 6.92 Å². The molecule has 1 heterocycles. The Morgan fingerprint density at radius 2 is 1.73 bits per heavy atom. The van der Waals surface area contributed by atoms with Crippen LogP contribution in [0.4, 0.5) is 5.69 Å². The summed E-state index contributed by atoms with van der Waals surface area (Å²) in [6.07, 6.45) is 0. The molecule has 0 spiro atoms. The number of amides is 1. The van der Waals surface area contributed by atoms with Crippen LogP contribution >= 0.6 is 0 Å². The van der Waals surface area contributed by atoms with E-state index in [4.69, 9.17) is 0 Å². The first-order valence-corrected chi connectivity index (χ1v) is 4.40. The van der Waals surface area contributed by atoms with Crippen molar-refractivity contribution in [3.8, 4) is 0 Å². The maximum atomic E-state index is 11.6. The molecule has 0 unspecified atom stereocenters. The fraction of sp³-hybridized carbons (Fsp3) is 0.444. The number of aromatic nitrogens is 2. The molecule has 0 saturated carbocycles. The molecular formula is C9H13N3O3. The second-order valence-electron chi connectivity index (χ2n) is 3.35. The third-order valence-electron chi connectivity index (χ3n) is 2.26. The Morgan fingerprint density at radius 1 is 1.20 bits per heavy atom. The second-order valence-corrected chi connectivity index (χ2v) is 3.35. The highest BCUT2D eigenvalue weighted by atomic mass is 16.2. The van der Waals surface area contributed by atoms with Gasteiger partial charge in [0.05, 0.1) is 0 Å². The van der Waals surface area contributed by atoms with E-state index in [1.165, 1.54) is 18.5 Å². The van der Waals surface area contributed by atoms with Gasteiger partial charge < -0.3 is 5.32 Å². The predicted octanol–water partition coefficient (Wildman–Crippen LogP) is -0.649. The molecule has 15 heavy (non-hydrogen) atoms. The molecule has 1 aromatic rings. The number of nitrogens with zero attached hydrogens (tertiary/aromatic N) is 2. The smallest absolute Gasteiger partial charge is 0.320 e. The van der Waals surface area contributed by atoms with E-state index in [1.54, 1.807) is 14.0 Å². The summed E-state index contributed by atoms with van der Waals surface area (Å²) in [6.45, 7) is 2.91. The van der Waals surface area contributed by atoms with Gasteiger partial charge >= 0.3 is 5.69 Å². The Morgan fingerprint density at radius 3 is 2.20 bits per heavy atom. The van der Waals surface area contributed by atoms with Crippen LogP contribution in [0.2, 0.25) is 0 Å². The van der Waals surface area contributed by atoms with Crippen molar-refractivity contribution in [3.05, 3.63) is 26.5 Å². The van der Waals surface area contributed by atoms with Crippen molar-refractivity contribution >= 4 is 11.6 Å². The summed E-state index contributed by atoms with van der Waals surface area (Å²) in [5, 5.41) is 2.42. The molecule has 0 bridgehead atoms. The zero-order valence-electron chi connectivity index (χ0n) is 9.12. The Bertz CT molecular complexity index is 525. The summed E-state index contributed by atoms with van der Waals surface area (Å²) in [6, 6.07) is 0. The lowest BCUT2D eigenvalue weighted by Gasteiger charge is -2.11. The van der Waals surface area contributed by atoms with E-state index < -0.39 is 11.2 Å². The number of hydrogen-bond donors (Lipinski definition) is 1. The molecule has 1 rings (SSSR count). The van der Waals surface area contributed by atoms with Gasteiger partial charge in [-0.2, -0.15) is 0 Å². The SMILES string of the molecule is CC(=O)Nc1c(C)n(C)c(=O)n(C)c1=O. The molecular weight excluding hydrogens is 198 g/mol. The largest absolute Gasteiger partial charge is 0.330 e. The van der Waals surface area contributed by atoms with Gasteiger partial charge in [-0.15, -0.1) is 0 Å². The van der Waals surface area contributed by atoms with Gasteiger partial charge in [-0.3, -0.25) is 18.7 Å². The van der Waals surface area contributed by atoms with Crippen LogP contribution in [-0.2, 0) is 18.9 Å². The molecule has 0 aromatic carbocycles. The monoisotopic (exact) mass is 211 g/mol. The van der Waals surface area contributed by atoms with Gasteiger partial charge in [-0.1, -0.05) is 0 Å². The summed E-state index contributed by atoms with van der Waals surface area (Å²) < 4.78 is 2.27. The quantitative estimate of drug-likeness (QED) is 0.671. The van der Waals surface area contributed by atoms with Crippen LogP contribution in [0.3, 0.4) is 0 Å². The highest BCUT2D eigenvalue weighted by Crippen LogP contribution is 2.04. The van der Waals surface area contributed by atoms with Crippen LogP contribution in [0.5, 0.6) is 0 Å². The van der Waals surface area contributed by atoms with Crippen LogP contribution in [0.25, 0.3) is 0 Å². The lowest BCUT2D eigenvalue weighted by Crippen LogP contribution is -2.40. The van der Waals surface area contributed by atoms with Crippen molar-refractivity contribution < 1.29 is 4.79 Å². The second kappa shape index (κ2) is 3.72. The van der Waals surface area contributed by atoms with E-state index in [-0.39, 0.29) is 11.6 Å². The summed E-state index contributed by atoms with van der Waals surface area (Å²) in [5.41, 5.74) is -0.317. The van der Waals surface area contributed by atoms with Crippen LogP contribution in [-0.4, -0.2) is 15.0 Å². The minimum absolute atomic E-state index is 0.145. The first-order valence-electron chi connectivity index (χ1n) is 4.40. The maximum Gasteiger partial charge on any atom is 0.330 e. The topological polar surface area (TPSA) is 73.1 Å². The van der Waals surface area contributed by atoms with E-state index in [1.807, 2.05) is 0 Å². The molecule has 6 nitrogen and oxygen atoms in total. The molecule has 0 aliphatic rings. The normalized spacial score (nSPS) is 10.1. The minimum Gasteiger partial charge on any atom is -0.320 e. The van der Waals surface area contributed by atoms with E-state index >= 15 is 0 Å². The van der Waals surface area contributed by atoms with Crippen LogP contribution < -0.4 is 16.6 Å². The van der Waals surface area contributed by atoms with E-state index in [2.05, 4.69) is 5.32 Å². The average molecular weight is 211 g/mol. The lowest BCUT2D eigenvalue weighted by atomic mass is 10.3. The van der Waals surface area contributed by atoms with Gasteiger partial charge in [0.2, 0.25) is 5.91 Å². The first kappa shape index (κ1) is 11.2. The van der Waals surface area contributed by atoms with Gasteiger partial charge in [0, 0.05) is 26.7 Å². The number of carbonyl (C=O) groups excluding carboxylic acids is 1. The lowest BCUT2D eigenvalue weighted by molar-refractivity contribution is -0.114. The van der Waals surface area contributed by atoms with Gasteiger partial charge in [0.1, 0.15) is 5.69 Å². The Hall–Kier alpha value is -1.85. The average Bonchev–Trinajstić information content (AvgIpc) is 2.18. The van der Waals surface area contributed by atoms with E-state index in [9.17, 15) is 14.4 Å². The first-order chi connectivity index (χ1) is 6.86. The highest BCUT2D eigenvalue weighted by Gasteiger charge is 2.12. The Balaban J connectivity index is 3.60. The highest BCUT2D eigenvalue weighted by molar-refractivity contribution is 5.88. The molecule has 82 valence electrons. The van der Waals surface area contributed by atoms with Crippen molar-refractivity contribution in [1.29, 1.82) is 0 Å². The summed E-state index contributed by atoms with van der Waals surface area (Å²) >= 11 is 0. The maximum absolute atomic E-state index is 11.6. The molecule has 0 saturated heterocycles. The van der Waals surface area contributed by atoms with Crippen LogP contribution in [0.1, 0.15) is 12.6 Å². The predicted molar refractivity (Wildman–Crippen MR) is 56.0 cm³/mol. The molecule has 1 N–H and O–H groups in total. The third-order valence-corrected chi connectivity index (χ3v) is 2.26. The fourth-order valence-electron chi connectivity index (χ4n) is 1.27. The number of anilines is 1. The summed E-state index contributed by atoms with van der Waals surface area (Å²) in [5.74, 6) is -0.339. The van der Waals surface area contributed by atoms with E-state index in [0.717, 1.165) is 4.57 Å². The van der Waals surface area contributed by atoms with Crippen LogP contribution in [0.15, 0.2) is 9.59 Å². The number of nitrogens with one attached hydrogen (secondary N) is 1. The zero-order valence-corrected chi connectivity index (χ0v) is 9.12. The molecule has 6 heteroatoms. The van der Waals surface area contributed by atoms with Crippen molar-refractivity contribution in [2.24, 2.45) is 14.1 Å². The Kier molecular flexibility index (Phi) is 2.78. The van der Waals surface area contributed by atoms with E-state index in [0.29, 0.717) is 5.69 Å². The molecule has 1 amide bonds. The number of carbonyl (C=O) groups is 1. The standard InChI is InChI=1S/C9H13N3O3/c1-5-7(10-6(2)13)8(14)12(4)9(15)11(5)3/h1-4H3,(H,10,13). The van der Waals surface area contributed by atoms with Crippen molar-refractivity contribution in [2.45, 2.75) is 13.8 Å². The number of rotatable bonds is 1. The van der Waals surface area contributed by atoms with Crippen molar-refractivity contribution in [2.75, 3.05) is 5.32 Å². The fourth-order valence-corrected chi connectivity index (χ4v) is 1.27. The van der Waals surface area contributed by atoms with Crippen LogP contribution in [0, 0.1) is 6.92 Å². The molecule has 0 fully saturated rings. The zero-order chi connectivity index (χ0) is 11.7. The third kappa shape index (κ3) is 1.83. The van der Waals surface area contributed by atoms with Gasteiger partial charge in [0.15, 0.2) is 0 Å². The summed E-state index contributed by atoms with van der Waals surface area (Å²) in [7, 11) is 2.91. The van der Waals surface area contributed by atoms with Crippen molar-refractivity contribution in [1.82, 2.24) is 9.13 Å². The van der Waals surface area contributed by atoms with Crippen molar-refractivity contribution in [3.63, 3.8) is 0 Å². The Labute approximate surface area is 86.1 Å².